The molecule has 0 aliphatic carbocycles. The molecule has 0 aliphatic heterocycles. The second-order valence-corrected chi connectivity index (χ2v) is 5.10. The summed E-state index contributed by atoms with van der Waals surface area (Å²) < 4.78 is 6.66. The van der Waals surface area contributed by atoms with Gasteiger partial charge in [-0.25, -0.2) is 9.78 Å². The van der Waals surface area contributed by atoms with Crippen LogP contribution in [0.2, 0.25) is 5.02 Å². The number of carbonyl (C=O) groups is 2. The molecule has 0 fully saturated rings. The van der Waals surface area contributed by atoms with Crippen molar-refractivity contribution >= 4 is 34.8 Å². The average Bonchev–Trinajstić information content (AvgIpc) is 2.99. The first-order valence-electron chi connectivity index (χ1n) is 6.79. The number of para-hydroxylation sites is 1. The number of halogens is 1. The number of nitrogens with zero attached hydrogens (tertiary/aromatic N) is 2. The van der Waals surface area contributed by atoms with E-state index in [9.17, 15) is 9.59 Å². The molecule has 1 amide bonds. The van der Waals surface area contributed by atoms with Gasteiger partial charge in [0.05, 0.1) is 10.7 Å². The van der Waals surface area contributed by atoms with Crippen LogP contribution in [0.1, 0.15) is 10.5 Å². The lowest BCUT2D eigenvalue weighted by molar-refractivity contribution is -0.119. The lowest BCUT2D eigenvalue weighted by Crippen LogP contribution is -2.21. The van der Waals surface area contributed by atoms with Gasteiger partial charge >= 0.3 is 5.97 Å². The highest BCUT2D eigenvalue weighted by atomic mass is 35.5. The molecule has 0 bridgehead atoms. The summed E-state index contributed by atoms with van der Waals surface area (Å²) in [5.74, 6) is -1.14. The first-order valence-corrected chi connectivity index (χ1v) is 7.16. The van der Waals surface area contributed by atoms with Crippen LogP contribution in [0.25, 0.3) is 5.65 Å². The zero-order chi connectivity index (χ0) is 16.2. The van der Waals surface area contributed by atoms with Gasteiger partial charge in [-0.15, -0.1) is 0 Å². The number of rotatable bonds is 4. The molecule has 6 nitrogen and oxygen atoms in total. The van der Waals surface area contributed by atoms with Crippen LogP contribution < -0.4 is 5.32 Å². The summed E-state index contributed by atoms with van der Waals surface area (Å²) >= 11 is 5.94. The van der Waals surface area contributed by atoms with Crippen LogP contribution in [0.3, 0.4) is 0 Å². The van der Waals surface area contributed by atoms with Gasteiger partial charge in [-0.1, -0.05) is 29.8 Å². The zero-order valence-electron chi connectivity index (χ0n) is 11.9. The third-order valence-electron chi connectivity index (χ3n) is 3.06. The summed E-state index contributed by atoms with van der Waals surface area (Å²) in [6.45, 7) is -0.419. The lowest BCUT2D eigenvalue weighted by atomic mass is 10.3. The number of anilines is 1. The average molecular weight is 330 g/mol. The highest BCUT2D eigenvalue weighted by Gasteiger charge is 2.14. The molecule has 0 unspecified atom stereocenters. The number of nitrogens with one attached hydrogen (secondary N) is 1. The van der Waals surface area contributed by atoms with Crippen molar-refractivity contribution in [2.24, 2.45) is 0 Å². The molecule has 7 heteroatoms. The van der Waals surface area contributed by atoms with E-state index < -0.39 is 18.5 Å². The third kappa shape index (κ3) is 3.49. The van der Waals surface area contributed by atoms with Crippen LogP contribution in [-0.4, -0.2) is 27.9 Å². The van der Waals surface area contributed by atoms with Crippen LogP contribution in [-0.2, 0) is 9.53 Å². The summed E-state index contributed by atoms with van der Waals surface area (Å²) in [6, 6.07) is 12.2. The number of pyridine rings is 1. The van der Waals surface area contributed by atoms with Gasteiger partial charge < -0.3 is 14.5 Å². The molecule has 3 aromatic rings. The Balaban J connectivity index is 1.60. The lowest BCUT2D eigenvalue weighted by Gasteiger charge is -2.07. The van der Waals surface area contributed by atoms with Crippen molar-refractivity contribution in [1.82, 2.24) is 9.38 Å². The zero-order valence-corrected chi connectivity index (χ0v) is 12.7. The molecule has 1 N–H and O–H groups in total. The summed E-state index contributed by atoms with van der Waals surface area (Å²) in [4.78, 5) is 27.9. The fourth-order valence-electron chi connectivity index (χ4n) is 1.99. The molecule has 0 saturated carbocycles. The maximum absolute atomic E-state index is 11.9. The number of benzene rings is 1. The second kappa shape index (κ2) is 6.50. The Bertz CT molecular complexity index is 843. The van der Waals surface area contributed by atoms with Gasteiger partial charge in [-0.05, 0) is 24.3 Å². The maximum atomic E-state index is 11.9. The molecule has 3 rings (SSSR count). The van der Waals surface area contributed by atoms with Crippen LogP contribution >= 0.6 is 11.6 Å². The molecule has 0 saturated heterocycles. The van der Waals surface area contributed by atoms with E-state index in [1.54, 1.807) is 47.1 Å². The van der Waals surface area contributed by atoms with Gasteiger partial charge in [0.1, 0.15) is 5.65 Å². The van der Waals surface area contributed by atoms with Crippen molar-refractivity contribution in [3.63, 3.8) is 0 Å². The van der Waals surface area contributed by atoms with E-state index >= 15 is 0 Å². The molecule has 23 heavy (non-hydrogen) atoms. The topological polar surface area (TPSA) is 72.7 Å². The molecule has 1 aromatic carbocycles. The standard InChI is InChI=1S/C16H12ClN3O3/c17-11-5-1-2-6-12(11)19-15(21)10-23-16(22)13-9-20-8-4-3-7-14(20)18-13/h1-9H,10H2,(H,19,21). The van der Waals surface area contributed by atoms with Gasteiger partial charge in [-0.2, -0.15) is 0 Å². The van der Waals surface area contributed by atoms with Crippen molar-refractivity contribution in [3.05, 3.63) is 65.6 Å². The fraction of sp³-hybridized carbons (Fsp3) is 0.0625. The third-order valence-corrected chi connectivity index (χ3v) is 3.39. The molecule has 0 atom stereocenters. The Labute approximate surface area is 136 Å². The van der Waals surface area contributed by atoms with Crippen molar-refractivity contribution in [1.29, 1.82) is 0 Å². The van der Waals surface area contributed by atoms with E-state index in [-0.39, 0.29) is 5.69 Å². The molecular formula is C16H12ClN3O3. The Morgan fingerprint density at radius 1 is 1.17 bits per heavy atom. The minimum Gasteiger partial charge on any atom is -0.451 e. The van der Waals surface area contributed by atoms with Crippen molar-refractivity contribution in [2.75, 3.05) is 11.9 Å². The minimum atomic E-state index is -0.664. The molecule has 2 aromatic heterocycles. The van der Waals surface area contributed by atoms with Crippen molar-refractivity contribution < 1.29 is 14.3 Å². The van der Waals surface area contributed by atoms with Crippen LogP contribution in [0, 0.1) is 0 Å². The normalized spacial score (nSPS) is 10.5. The smallest absolute Gasteiger partial charge is 0.359 e. The number of carbonyl (C=O) groups excluding carboxylic acids is 2. The number of hydrogen-bond donors (Lipinski definition) is 1. The first-order chi connectivity index (χ1) is 11.1. The monoisotopic (exact) mass is 329 g/mol. The van der Waals surface area contributed by atoms with E-state index in [0.717, 1.165) is 0 Å². The van der Waals surface area contributed by atoms with Crippen LogP contribution in [0.5, 0.6) is 0 Å². The summed E-state index contributed by atoms with van der Waals surface area (Å²) in [7, 11) is 0. The van der Waals surface area contributed by atoms with E-state index in [4.69, 9.17) is 16.3 Å². The summed E-state index contributed by atoms with van der Waals surface area (Å²) in [5, 5.41) is 2.98. The van der Waals surface area contributed by atoms with Gasteiger partial charge in [-0.3, -0.25) is 4.79 Å². The number of hydrogen-bond acceptors (Lipinski definition) is 4. The van der Waals surface area contributed by atoms with Crippen LogP contribution in [0.4, 0.5) is 5.69 Å². The fourth-order valence-corrected chi connectivity index (χ4v) is 2.17. The van der Waals surface area contributed by atoms with Gasteiger partial charge in [0, 0.05) is 12.4 Å². The molecule has 0 spiro atoms. The van der Waals surface area contributed by atoms with Crippen LogP contribution in [0.15, 0.2) is 54.9 Å². The predicted molar refractivity (Wildman–Crippen MR) is 85.6 cm³/mol. The predicted octanol–water partition coefficient (Wildman–Crippen LogP) is 2.78. The number of amides is 1. The highest BCUT2D eigenvalue weighted by Crippen LogP contribution is 2.20. The van der Waals surface area contributed by atoms with Crippen molar-refractivity contribution in [3.8, 4) is 0 Å². The van der Waals surface area contributed by atoms with E-state index in [1.165, 1.54) is 0 Å². The number of aromatic nitrogens is 2. The molecule has 116 valence electrons. The second-order valence-electron chi connectivity index (χ2n) is 4.70. The summed E-state index contributed by atoms with van der Waals surface area (Å²) in [5.41, 5.74) is 1.23. The number of esters is 1. The number of fused-ring (bicyclic) bond motifs is 1. The number of imidazole rings is 1. The molecule has 2 heterocycles. The van der Waals surface area contributed by atoms with Gasteiger partial charge in [0.15, 0.2) is 12.3 Å². The maximum Gasteiger partial charge on any atom is 0.359 e. The largest absolute Gasteiger partial charge is 0.451 e. The van der Waals surface area contributed by atoms with Gasteiger partial charge in [0.25, 0.3) is 5.91 Å². The first kappa shape index (κ1) is 15.1. The van der Waals surface area contributed by atoms with E-state index in [0.29, 0.717) is 16.4 Å². The SMILES string of the molecule is O=C(COC(=O)c1cn2ccccc2n1)Nc1ccccc1Cl. The quantitative estimate of drug-likeness (QED) is 0.747. The van der Waals surface area contributed by atoms with Gasteiger partial charge in [0.2, 0.25) is 0 Å². The summed E-state index contributed by atoms with van der Waals surface area (Å²) in [6.07, 6.45) is 3.31. The molecule has 0 radical (unpaired) electrons. The minimum absolute atomic E-state index is 0.141. The van der Waals surface area contributed by atoms with E-state index in [2.05, 4.69) is 10.3 Å². The Kier molecular flexibility index (Phi) is 4.25. The number of ether oxygens (including phenoxy) is 1. The van der Waals surface area contributed by atoms with Crippen molar-refractivity contribution in [2.45, 2.75) is 0 Å². The molecular weight excluding hydrogens is 318 g/mol. The highest BCUT2D eigenvalue weighted by molar-refractivity contribution is 6.33. The Morgan fingerprint density at radius 3 is 2.74 bits per heavy atom. The Hall–Kier alpha value is -2.86. The van der Waals surface area contributed by atoms with E-state index in [1.807, 2.05) is 12.1 Å². The molecule has 0 aliphatic rings. The Morgan fingerprint density at radius 2 is 1.96 bits per heavy atom.